The Morgan fingerprint density at radius 1 is 1.60 bits per heavy atom. The van der Waals surface area contributed by atoms with Crippen molar-refractivity contribution in [2.24, 2.45) is 0 Å². The summed E-state index contributed by atoms with van der Waals surface area (Å²) in [6.07, 6.45) is 3.00. The van der Waals surface area contributed by atoms with E-state index >= 15 is 0 Å². The molecule has 0 radical (unpaired) electrons. The standard InChI is InChI=1S/C10H19N3OS/c1-4-5-9-11-12-10(15)13(9)8(2)6-7-14-3/h8H,4-7H2,1-3H3,(H,12,15). The highest BCUT2D eigenvalue weighted by Crippen LogP contribution is 2.14. The second kappa shape index (κ2) is 6.02. The molecule has 0 amide bonds. The minimum atomic E-state index is 0.345. The van der Waals surface area contributed by atoms with Gasteiger partial charge in [0.15, 0.2) is 4.77 Å². The molecule has 4 nitrogen and oxygen atoms in total. The molecule has 1 N–H and O–H groups in total. The van der Waals surface area contributed by atoms with E-state index in [9.17, 15) is 0 Å². The normalized spacial score (nSPS) is 13.0. The lowest BCUT2D eigenvalue weighted by Crippen LogP contribution is -2.11. The van der Waals surface area contributed by atoms with Gasteiger partial charge in [-0.1, -0.05) is 6.92 Å². The smallest absolute Gasteiger partial charge is 0.195 e. The average Bonchev–Trinajstić information content (AvgIpc) is 2.57. The SMILES string of the molecule is CCCc1n[nH]c(=S)n1C(C)CCOC. The van der Waals surface area contributed by atoms with Gasteiger partial charge < -0.3 is 9.30 Å². The van der Waals surface area contributed by atoms with Crippen LogP contribution in [0.4, 0.5) is 0 Å². The van der Waals surface area contributed by atoms with E-state index in [-0.39, 0.29) is 0 Å². The molecular formula is C10H19N3OS. The van der Waals surface area contributed by atoms with Gasteiger partial charge in [-0.05, 0) is 32.0 Å². The van der Waals surface area contributed by atoms with Crippen molar-refractivity contribution in [2.45, 2.75) is 39.2 Å². The molecule has 1 atom stereocenters. The first-order chi connectivity index (χ1) is 7.20. The van der Waals surface area contributed by atoms with Gasteiger partial charge in [-0.15, -0.1) is 0 Å². The van der Waals surface area contributed by atoms with E-state index in [0.717, 1.165) is 31.7 Å². The number of nitrogens with zero attached hydrogens (tertiary/aromatic N) is 2. The maximum Gasteiger partial charge on any atom is 0.195 e. The van der Waals surface area contributed by atoms with Crippen LogP contribution in [0.25, 0.3) is 0 Å². The largest absolute Gasteiger partial charge is 0.385 e. The lowest BCUT2D eigenvalue weighted by Gasteiger charge is -2.14. The lowest BCUT2D eigenvalue weighted by atomic mass is 10.2. The van der Waals surface area contributed by atoms with Gasteiger partial charge in [0.25, 0.3) is 0 Å². The Bertz CT molecular complexity index is 345. The predicted octanol–water partition coefficient (Wildman–Crippen LogP) is 2.49. The second-order valence-corrected chi connectivity index (χ2v) is 4.08. The highest BCUT2D eigenvalue weighted by molar-refractivity contribution is 7.71. The van der Waals surface area contributed by atoms with Gasteiger partial charge in [-0.2, -0.15) is 5.10 Å². The second-order valence-electron chi connectivity index (χ2n) is 3.70. The summed E-state index contributed by atoms with van der Waals surface area (Å²) in [4.78, 5) is 0. The van der Waals surface area contributed by atoms with Gasteiger partial charge in [0.2, 0.25) is 0 Å². The summed E-state index contributed by atoms with van der Waals surface area (Å²) in [7, 11) is 1.72. The van der Waals surface area contributed by atoms with Crippen molar-refractivity contribution < 1.29 is 4.74 Å². The van der Waals surface area contributed by atoms with E-state index in [4.69, 9.17) is 17.0 Å². The summed E-state index contributed by atoms with van der Waals surface area (Å²) < 4.78 is 7.88. The van der Waals surface area contributed by atoms with Gasteiger partial charge >= 0.3 is 0 Å². The molecule has 1 rings (SSSR count). The molecule has 0 saturated heterocycles. The maximum absolute atomic E-state index is 5.22. The van der Waals surface area contributed by atoms with Crippen LogP contribution < -0.4 is 0 Å². The summed E-state index contributed by atoms with van der Waals surface area (Å²) in [6, 6.07) is 0.345. The first-order valence-electron chi connectivity index (χ1n) is 5.35. The van der Waals surface area contributed by atoms with Crippen LogP contribution in [0.2, 0.25) is 0 Å². The van der Waals surface area contributed by atoms with Crippen LogP contribution in [0.5, 0.6) is 0 Å². The number of rotatable bonds is 6. The zero-order valence-electron chi connectivity index (χ0n) is 9.62. The monoisotopic (exact) mass is 229 g/mol. The number of aromatic amines is 1. The molecular weight excluding hydrogens is 210 g/mol. The van der Waals surface area contributed by atoms with Gasteiger partial charge in [0, 0.05) is 26.2 Å². The van der Waals surface area contributed by atoms with Crippen molar-refractivity contribution in [2.75, 3.05) is 13.7 Å². The molecule has 0 aromatic carbocycles. The summed E-state index contributed by atoms with van der Waals surface area (Å²) in [5, 5.41) is 7.09. The maximum atomic E-state index is 5.22. The van der Waals surface area contributed by atoms with Crippen LogP contribution >= 0.6 is 12.2 Å². The first kappa shape index (κ1) is 12.4. The minimum absolute atomic E-state index is 0.345. The minimum Gasteiger partial charge on any atom is -0.385 e. The zero-order chi connectivity index (χ0) is 11.3. The Morgan fingerprint density at radius 3 is 2.93 bits per heavy atom. The van der Waals surface area contributed by atoms with Gasteiger partial charge in [0.05, 0.1) is 0 Å². The highest BCUT2D eigenvalue weighted by Gasteiger charge is 2.11. The highest BCUT2D eigenvalue weighted by atomic mass is 32.1. The number of aryl methyl sites for hydroxylation is 1. The van der Waals surface area contributed by atoms with E-state index in [1.807, 2.05) is 0 Å². The molecule has 15 heavy (non-hydrogen) atoms. The molecule has 1 heterocycles. The molecule has 5 heteroatoms. The molecule has 0 fully saturated rings. The fourth-order valence-corrected chi connectivity index (χ4v) is 1.94. The average molecular weight is 229 g/mol. The zero-order valence-corrected chi connectivity index (χ0v) is 10.4. The topological polar surface area (TPSA) is 42.8 Å². The predicted molar refractivity (Wildman–Crippen MR) is 62.6 cm³/mol. The Labute approximate surface area is 95.7 Å². The van der Waals surface area contributed by atoms with Crippen LogP contribution in [0.1, 0.15) is 38.6 Å². The van der Waals surface area contributed by atoms with Crippen molar-refractivity contribution in [1.29, 1.82) is 0 Å². The molecule has 0 aliphatic carbocycles. The van der Waals surface area contributed by atoms with Crippen LogP contribution in [0.3, 0.4) is 0 Å². The molecule has 0 saturated carbocycles. The molecule has 0 bridgehead atoms. The van der Waals surface area contributed by atoms with Gasteiger partial charge in [-0.3, -0.25) is 5.10 Å². The quantitative estimate of drug-likeness (QED) is 0.762. The number of hydrogen-bond donors (Lipinski definition) is 1. The number of methoxy groups -OCH3 is 1. The Hall–Kier alpha value is -0.680. The Balaban J connectivity index is 2.80. The molecule has 0 spiro atoms. The molecule has 0 aliphatic heterocycles. The summed E-state index contributed by atoms with van der Waals surface area (Å²) in [5.74, 6) is 1.05. The summed E-state index contributed by atoms with van der Waals surface area (Å²) >= 11 is 5.22. The fourth-order valence-electron chi connectivity index (χ4n) is 1.61. The summed E-state index contributed by atoms with van der Waals surface area (Å²) in [6.45, 7) is 5.03. The Morgan fingerprint density at radius 2 is 2.33 bits per heavy atom. The van der Waals surface area contributed by atoms with Crippen LogP contribution in [-0.2, 0) is 11.2 Å². The number of hydrogen-bond acceptors (Lipinski definition) is 3. The number of aromatic nitrogens is 3. The van der Waals surface area contributed by atoms with Gasteiger partial charge in [0.1, 0.15) is 5.82 Å². The summed E-state index contributed by atoms with van der Waals surface area (Å²) in [5.41, 5.74) is 0. The third-order valence-corrected chi connectivity index (χ3v) is 2.72. The van der Waals surface area contributed by atoms with E-state index < -0.39 is 0 Å². The molecule has 1 aromatic rings. The Kier molecular flexibility index (Phi) is 4.98. The van der Waals surface area contributed by atoms with Crippen LogP contribution in [0.15, 0.2) is 0 Å². The van der Waals surface area contributed by atoms with E-state index in [1.165, 1.54) is 0 Å². The number of nitrogens with one attached hydrogen (secondary N) is 1. The van der Waals surface area contributed by atoms with Crippen molar-refractivity contribution in [1.82, 2.24) is 14.8 Å². The third kappa shape index (κ3) is 3.14. The van der Waals surface area contributed by atoms with Crippen molar-refractivity contribution in [3.63, 3.8) is 0 Å². The molecule has 1 unspecified atom stereocenters. The molecule has 86 valence electrons. The van der Waals surface area contributed by atoms with Crippen molar-refractivity contribution >= 4 is 12.2 Å². The van der Waals surface area contributed by atoms with Crippen molar-refractivity contribution in [3.8, 4) is 0 Å². The van der Waals surface area contributed by atoms with Crippen LogP contribution in [0, 0.1) is 4.77 Å². The molecule has 0 aliphatic rings. The van der Waals surface area contributed by atoms with E-state index in [2.05, 4.69) is 28.6 Å². The van der Waals surface area contributed by atoms with Gasteiger partial charge in [-0.25, -0.2) is 0 Å². The van der Waals surface area contributed by atoms with Crippen LogP contribution in [-0.4, -0.2) is 28.5 Å². The van der Waals surface area contributed by atoms with Crippen molar-refractivity contribution in [3.05, 3.63) is 10.6 Å². The van der Waals surface area contributed by atoms with E-state index in [0.29, 0.717) is 10.8 Å². The lowest BCUT2D eigenvalue weighted by molar-refractivity contribution is 0.180. The first-order valence-corrected chi connectivity index (χ1v) is 5.76. The third-order valence-electron chi connectivity index (χ3n) is 2.43. The molecule has 1 aromatic heterocycles. The number of H-pyrrole nitrogens is 1. The fraction of sp³-hybridized carbons (Fsp3) is 0.800. The van der Waals surface area contributed by atoms with E-state index in [1.54, 1.807) is 7.11 Å². The number of ether oxygens (including phenoxy) is 1.